The predicted octanol–water partition coefficient (Wildman–Crippen LogP) is 3.16. The monoisotopic (exact) mass is 370 g/mol. The molecule has 1 heterocycles. The maximum Gasteiger partial charge on any atom is 0.256 e. The number of benzene rings is 1. The number of nitrogens with zero attached hydrogens (tertiary/aromatic N) is 1. The number of piperidine rings is 1. The summed E-state index contributed by atoms with van der Waals surface area (Å²) in [6.07, 6.45) is 5.26. The fourth-order valence-electron chi connectivity index (χ4n) is 5.54. The van der Waals surface area contributed by atoms with Crippen LogP contribution in [0.3, 0.4) is 0 Å². The minimum atomic E-state index is -1.38. The van der Waals surface area contributed by atoms with E-state index in [1.807, 2.05) is 30.3 Å². The molecule has 3 unspecified atom stereocenters. The van der Waals surface area contributed by atoms with E-state index in [1.165, 1.54) is 19.5 Å². The lowest BCUT2D eigenvalue weighted by atomic mass is 9.79. The SMILES string of the molecule is CCC(C)N1CC2C(CNC(=O)[C@@](O)(c3ccccc3)C3CCCC3)C2C1. The first-order valence-corrected chi connectivity index (χ1v) is 10.9. The van der Waals surface area contributed by atoms with Crippen LogP contribution in [0, 0.1) is 23.7 Å². The van der Waals surface area contributed by atoms with Crippen molar-refractivity contribution in [1.82, 2.24) is 10.2 Å². The molecule has 0 aromatic heterocycles. The molecule has 4 atom stereocenters. The molecule has 2 saturated carbocycles. The number of likely N-dealkylation sites (tertiary alicyclic amines) is 1. The molecule has 1 aliphatic heterocycles. The largest absolute Gasteiger partial charge is 0.375 e. The van der Waals surface area contributed by atoms with E-state index in [1.54, 1.807) is 0 Å². The number of hydrogen-bond acceptors (Lipinski definition) is 3. The molecule has 148 valence electrons. The first-order chi connectivity index (χ1) is 13.1. The van der Waals surface area contributed by atoms with Crippen molar-refractivity contribution < 1.29 is 9.90 Å². The van der Waals surface area contributed by atoms with Crippen LogP contribution in [-0.4, -0.2) is 41.6 Å². The highest BCUT2D eigenvalue weighted by atomic mass is 16.3. The lowest BCUT2D eigenvalue weighted by Gasteiger charge is -2.33. The van der Waals surface area contributed by atoms with Gasteiger partial charge in [0.2, 0.25) is 0 Å². The zero-order valence-electron chi connectivity index (χ0n) is 16.7. The number of carbonyl (C=O) groups is 1. The molecular formula is C23H34N2O2. The predicted molar refractivity (Wildman–Crippen MR) is 107 cm³/mol. The summed E-state index contributed by atoms with van der Waals surface area (Å²) in [7, 11) is 0. The molecule has 3 fully saturated rings. The van der Waals surface area contributed by atoms with E-state index in [0.29, 0.717) is 18.5 Å². The van der Waals surface area contributed by atoms with Crippen LogP contribution in [0.1, 0.15) is 51.5 Å². The third-order valence-corrected chi connectivity index (χ3v) is 7.62. The average molecular weight is 371 g/mol. The Labute approximate surface area is 163 Å². The summed E-state index contributed by atoms with van der Waals surface area (Å²) < 4.78 is 0. The maximum atomic E-state index is 13.2. The fraction of sp³-hybridized carbons (Fsp3) is 0.696. The minimum absolute atomic E-state index is 0.0273. The van der Waals surface area contributed by atoms with Crippen LogP contribution >= 0.6 is 0 Å². The standard InChI is InChI=1S/C23H34N2O2/c1-3-16(2)25-14-20-19(21(20)15-25)13-24-22(26)23(27,18-11-7-8-12-18)17-9-5-4-6-10-17/h4-6,9-10,16,18-21,27H,3,7-8,11-15H2,1-2H3,(H,24,26)/t16?,19?,20?,21?,23-/m1/s1. The molecule has 1 aromatic carbocycles. The Morgan fingerprint density at radius 2 is 1.85 bits per heavy atom. The molecule has 1 aromatic rings. The van der Waals surface area contributed by atoms with Gasteiger partial charge in [0.25, 0.3) is 5.91 Å². The van der Waals surface area contributed by atoms with Gasteiger partial charge >= 0.3 is 0 Å². The molecule has 1 amide bonds. The number of fused-ring (bicyclic) bond motifs is 1. The fourth-order valence-corrected chi connectivity index (χ4v) is 5.54. The summed E-state index contributed by atoms with van der Waals surface area (Å²) in [6.45, 7) is 7.62. The van der Waals surface area contributed by atoms with Crippen LogP contribution < -0.4 is 5.32 Å². The number of amides is 1. The Balaban J connectivity index is 1.38. The Kier molecular flexibility index (Phi) is 5.30. The molecule has 27 heavy (non-hydrogen) atoms. The molecule has 0 bridgehead atoms. The van der Waals surface area contributed by atoms with Crippen molar-refractivity contribution in [3.63, 3.8) is 0 Å². The van der Waals surface area contributed by atoms with Gasteiger partial charge in [-0.05, 0) is 49.5 Å². The Morgan fingerprint density at radius 3 is 2.44 bits per heavy atom. The van der Waals surface area contributed by atoms with E-state index >= 15 is 0 Å². The summed E-state index contributed by atoms with van der Waals surface area (Å²) in [5, 5.41) is 14.7. The van der Waals surface area contributed by atoms with Gasteiger partial charge in [-0.3, -0.25) is 4.79 Å². The second-order valence-electron chi connectivity index (χ2n) is 9.03. The van der Waals surface area contributed by atoms with E-state index in [0.717, 1.165) is 43.1 Å². The quantitative estimate of drug-likeness (QED) is 0.775. The van der Waals surface area contributed by atoms with Crippen LogP contribution in [0.2, 0.25) is 0 Å². The van der Waals surface area contributed by atoms with Gasteiger partial charge in [-0.25, -0.2) is 0 Å². The van der Waals surface area contributed by atoms with Crippen molar-refractivity contribution in [1.29, 1.82) is 0 Å². The lowest BCUT2D eigenvalue weighted by molar-refractivity contribution is -0.147. The van der Waals surface area contributed by atoms with Gasteiger partial charge in [-0.2, -0.15) is 0 Å². The van der Waals surface area contributed by atoms with Gasteiger partial charge in [0.15, 0.2) is 5.60 Å². The van der Waals surface area contributed by atoms with Gasteiger partial charge in [0.05, 0.1) is 0 Å². The van der Waals surface area contributed by atoms with Crippen molar-refractivity contribution in [3.8, 4) is 0 Å². The van der Waals surface area contributed by atoms with Gasteiger partial charge in [-0.1, -0.05) is 50.1 Å². The molecule has 2 aliphatic carbocycles. The summed E-state index contributed by atoms with van der Waals surface area (Å²) in [5.41, 5.74) is -0.641. The smallest absolute Gasteiger partial charge is 0.256 e. The topological polar surface area (TPSA) is 52.6 Å². The molecule has 2 N–H and O–H groups in total. The molecular weight excluding hydrogens is 336 g/mol. The Bertz CT molecular complexity index is 646. The van der Waals surface area contributed by atoms with Crippen molar-refractivity contribution >= 4 is 5.91 Å². The maximum absolute atomic E-state index is 13.2. The summed E-state index contributed by atoms with van der Waals surface area (Å²) in [4.78, 5) is 15.7. The first kappa shape index (κ1) is 18.9. The number of carbonyl (C=O) groups excluding carboxylic acids is 1. The highest BCUT2D eigenvalue weighted by molar-refractivity contribution is 5.86. The van der Waals surface area contributed by atoms with E-state index in [9.17, 15) is 9.90 Å². The summed E-state index contributed by atoms with van der Waals surface area (Å²) >= 11 is 0. The second kappa shape index (κ2) is 7.56. The number of hydrogen-bond donors (Lipinski definition) is 2. The van der Waals surface area contributed by atoms with Crippen molar-refractivity contribution in [3.05, 3.63) is 35.9 Å². The summed E-state index contributed by atoms with van der Waals surface area (Å²) in [5.74, 6) is 1.90. The van der Waals surface area contributed by atoms with Gasteiger partial charge in [-0.15, -0.1) is 0 Å². The Morgan fingerprint density at radius 1 is 1.22 bits per heavy atom. The van der Waals surface area contributed by atoms with Gasteiger partial charge in [0.1, 0.15) is 0 Å². The summed E-state index contributed by atoms with van der Waals surface area (Å²) in [6, 6.07) is 10.2. The van der Waals surface area contributed by atoms with Crippen LogP contribution in [0.25, 0.3) is 0 Å². The lowest BCUT2D eigenvalue weighted by Crippen LogP contribution is -2.49. The van der Waals surface area contributed by atoms with Crippen molar-refractivity contribution in [2.45, 2.75) is 57.6 Å². The zero-order valence-corrected chi connectivity index (χ0v) is 16.7. The molecule has 1 saturated heterocycles. The minimum Gasteiger partial charge on any atom is -0.375 e. The molecule has 4 rings (SSSR count). The van der Waals surface area contributed by atoms with E-state index < -0.39 is 5.60 Å². The van der Waals surface area contributed by atoms with Crippen molar-refractivity contribution in [2.24, 2.45) is 23.7 Å². The molecule has 4 heteroatoms. The Hall–Kier alpha value is -1.39. The van der Waals surface area contributed by atoms with Crippen LogP contribution in [0.5, 0.6) is 0 Å². The molecule has 4 nitrogen and oxygen atoms in total. The normalized spacial score (nSPS) is 31.3. The van der Waals surface area contributed by atoms with Crippen LogP contribution in [0.4, 0.5) is 0 Å². The second-order valence-corrected chi connectivity index (χ2v) is 9.03. The molecule has 0 spiro atoms. The third-order valence-electron chi connectivity index (χ3n) is 7.62. The first-order valence-electron chi connectivity index (χ1n) is 10.9. The van der Waals surface area contributed by atoms with Crippen LogP contribution in [0.15, 0.2) is 30.3 Å². The highest BCUT2D eigenvalue weighted by Gasteiger charge is 2.56. The number of nitrogens with one attached hydrogen (secondary N) is 1. The van der Waals surface area contributed by atoms with E-state index in [2.05, 4.69) is 24.1 Å². The zero-order chi connectivity index (χ0) is 19.0. The van der Waals surface area contributed by atoms with Crippen molar-refractivity contribution in [2.75, 3.05) is 19.6 Å². The third kappa shape index (κ3) is 3.42. The number of aliphatic hydroxyl groups is 1. The van der Waals surface area contributed by atoms with Crippen LogP contribution in [-0.2, 0) is 10.4 Å². The highest BCUT2D eigenvalue weighted by Crippen LogP contribution is 2.52. The van der Waals surface area contributed by atoms with Gasteiger partial charge < -0.3 is 15.3 Å². The van der Waals surface area contributed by atoms with E-state index in [4.69, 9.17) is 0 Å². The molecule has 3 aliphatic rings. The van der Waals surface area contributed by atoms with E-state index in [-0.39, 0.29) is 11.8 Å². The average Bonchev–Trinajstić information content (AvgIpc) is 3.11. The van der Waals surface area contributed by atoms with Gasteiger partial charge in [0, 0.05) is 31.6 Å². The molecule has 0 radical (unpaired) electrons. The number of rotatable bonds is 7.